The summed E-state index contributed by atoms with van der Waals surface area (Å²) in [6, 6.07) is 3.36. The van der Waals surface area contributed by atoms with Gasteiger partial charge in [0.2, 0.25) is 0 Å². The second kappa shape index (κ2) is 5.94. The molecule has 0 aliphatic carbocycles. The van der Waals surface area contributed by atoms with E-state index in [0.717, 1.165) is 5.56 Å². The van der Waals surface area contributed by atoms with Crippen molar-refractivity contribution in [3.8, 4) is 5.75 Å². The van der Waals surface area contributed by atoms with Crippen LogP contribution in [0.1, 0.15) is 5.56 Å². The fourth-order valence-electron chi connectivity index (χ4n) is 1.22. The van der Waals surface area contributed by atoms with Gasteiger partial charge in [-0.2, -0.15) is 0 Å². The molecule has 4 nitrogen and oxygen atoms in total. The van der Waals surface area contributed by atoms with Gasteiger partial charge < -0.3 is 15.2 Å². The zero-order valence-electron chi connectivity index (χ0n) is 8.59. The van der Waals surface area contributed by atoms with E-state index in [-0.39, 0.29) is 6.54 Å². The Hall–Kier alpha value is -0.970. The molecular weight excluding hydrogens is 253 g/mol. The molecule has 1 aromatic rings. The van der Waals surface area contributed by atoms with Crippen LogP contribution < -0.4 is 10.1 Å². The molecule has 2 N–H and O–H groups in total. The van der Waals surface area contributed by atoms with Crippen molar-refractivity contribution in [3.05, 3.63) is 27.7 Å². The molecule has 0 saturated carbocycles. The number of carboxylic acids is 1. The highest BCUT2D eigenvalue weighted by atomic mass is 35.5. The Labute approximate surface area is 103 Å². The van der Waals surface area contributed by atoms with Gasteiger partial charge in [-0.15, -0.1) is 0 Å². The van der Waals surface area contributed by atoms with Crippen LogP contribution in [0.5, 0.6) is 5.75 Å². The van der Waals surface area contributed by atoms with Gasteiger partial charge in [-0.05, 0) is 17.7 Å². The number of carbonyl (C=O) groups is 1. The van der Waals surface area contributed by atoms with Crippen LogP contribution in [-0.4, -0.2) is 24.7 Å². The Morgan fingerprint density at radius 3 is 2.44 bits per heavy atom. The van der Waals surface area contributed by atoms with Crippen molar-refractivity contribution in [2.45, 2.75) is 6.54 Å². The zero-order chi connectivity index (χ0) is 12.1. The van der Waals surface area contributed by atoms with Crippen molar-refractivity contribution < 1.29 is 14.6 Å². The van der Waals surface area contributed by atoms with E-state index in [4.69, 9.17) is 33.0 Å². The van der Waals surface area contributed by atoms with Gasteiger partial charge >= 0.3 is 5.97 Å². The fourth-order valence-corrected chi connectivity index (χ4v) is 1.91. The summed E-state index contributed by atoms with van der Waals surface area (Å²) in [6.45, 7) is 0.275. The first-order valence-corrected chi connectivity index (χ1v) is 5.24. The maximum atomic E-state index is 10.3. The minimum atomic E-state index is -0.911. The summed E-state index contributed by atoms with van der Waals surface area (Å²) in [5.41, 5.74) is 0.803. The van der Waals surface area contributed by atoms with Crippen LogP contribution in [0.2, 0.25) is 10.0 Å². The number of rotatable bonds is 5. The molecule has 0 heterocycles. The normalized spacial score (nSPS) is 10.2. The summed E-state index contributed by atoms with van der Waals surface area (Å²) in [6.07, 6.45) is 0. The van der Waals surface area contributed by atoms with Gasteiger partial charge in [0, 0.05) is 6.54 Å². The van der Waals surface area contributed by atoms with Crippen LogP contribution in [0.15, 0.2) is 12.1 Å². The standard InChI is InChI=1S/C10H11Cl2NO3/c1-16-10-7(11)2-6(3-8(10)12)4-13-5-9(14)15/h2-3,13H,4-5H2,1H3,(H,14,15). The topological polar surface area (TPSA) is 58.6 Å². The molecular formula is C10H11Cl2NO3. The lowest BCUT2D eigenvalue weighted by Crippen LogP contribution is -2.21. The summed E-state index contributed by atoms with van der Waals surface area (Å²) >= 11 is 11.8. The summed E-state index contributed by atoms with van der Waals surface area (Å²) in [5.74, 6) is -0.490. The second-order valence-electron chi connectivity index (χ2n) is 3.09. The van der Waals surface area contributed by atoms with Gasteiger partial charge in [0.25, 0.3) is 0 Å². The molecule has 0 radical (unpaired) electrons. The highest BCUT2D eigenvalue weighted by molar-refractivity contribution is 6.37. The van der Waals surface area contributed by atoms with E-state index < -0.39 is 5.97 Å². The van der Waals surface area contributed by atoms with Crippen molar-refractivity contribution in [1.29, 1.82) is 0 Å². The molecule has 0 spiro atoms. The Morgan fingerprint density at radius 2 is 2.00 bits per heavy atom. The first-order valence-electron chi connectivity index (χ1n) is 4.49. The molecule has 0 atom stereocenters. The third-order valence-corrected chi connectivity index (χ3v) is 2.43. The largest absolute Gasteiger partial charge is 0.494 e. The van der Waals surface area contributed by atoms with Gasteiger partial charge in [0.05, 0.1) is 23.7 Å². The molecule has 0 bridgehead atoms. The minimum absolute atomic E-state index is 0.110. The van der Waals surface area contributed by atoms with E-state index in [9.17, 15) is 4.79 Å². The number of benzene rings is 1. The molecule has 0 aliphatic heterocycles. The number of halogens is 2. The quantitative estimate of drug-likeness (QED) is 0.855. The van der Waals surface area contributed by atoms with Gasteiger partial charge in [-0.1, -0.05) is 23.2 Å². The Bertz CT molecular complexity index is 373. The predicted molar refractivity (Wildman–Crippen MR) is 62.4 cm³/mol. The molecule has 1 aromatic carbocycles. The second-order valence-corrected chi connectivity index (χ2v) is 3.90. The Morgan fingerprint density at radius 1 is 1.44 bits per heavy atom. The van der Waals surface area contributed by atoms with Crippen LogP contribution in [0.25, 0.3) is 0 Å². The van der Waals surface area contributed by atoms with Gasteiger partial charge in [-0.3, -0.25) is 4.79 Å². The van der Waals surface area contributed by atoms with Gasteiger partial charge in [-0.25, -0.2) is 0 Å². The number of nitrogens with one attached hydrogen (secondary N) is 1. The number of carboxylic acid groups (broad SMARTS) is 1. The number of hydrogen-bond donors (Lipinski definition) is 2. The summed E-state index contributed by atoms with van der Waals surface area (Å²) < 4.78 is 5.00. The van der Waals surface area contributed by atoms with E-state index in [2.05, 4.69) is 5.32 Å². The lowest BCUT2D eigenvalue weighted by atomic mass is 10.2. The maximum absolute atomic E-state index is 10.3. The number of aliphatic carboxylic acids is 1. The molecule has 0 aliphatic rings. The molecule has 1 rings (SSSR count). The highest BCUT2D eigenvalue weighted by Crippen LogP contribution is 2.33. The van der Waals surface area contributed by atoms with Crippen LogP contribution in [0.3, 0.4) is 0 Å². The molecule has 0 aromatic heterocycles. The monoisotopic (exact) mass is 263 g/mol. The van der Waals surface area contributed by atoms with E-state index in [1.165, 1.54) is 7.11 Å². The molecule has 0 fully saturated rings. The lowest BCUT2D eigenvalue weighted by Gasteiger charge is -2.08. The van der Waals surface area contributed by atoms with E-state index in [1.54, 1.807) is 12.1 Å². The van der Waals surface area contributed by atoms with Crippen LogP contribution in [0, 0.1) is 0 Å². The SMILES string of the molecule is COc1c(Cl)cc(CNCC(=O)O)cc1Cl. The molecule has 88 valence electrons. The van der Waals surface area contributed by atoms with Crippen molar-refractivity contribution in [2.75, 3.05) is 13.7 Å². The number of methoxy groups -OCH3 is 1. The summed E-state index contributed by atoms with van der Waals surface area (Å²) in [5, 5.41) is 12.0. The third kappa shape index (κ3) is 3.56. The average molecular weight is 264 g/mol. The summed E-state index contributed by atoms with van der Waals surface area (Å²) in [4.78, 5) is 10.3. The number of ether oxygens (including phenoxy) is 1. The van der Waals surface area contributed by atoms with Crippen molar-refractivity contribution in [3.63, 3.8) is 0 Å². The Balaban J connectivity index is 2.72. The maximum Gasteiger partial charge on any atom is 0.317 e. The van der Waals surface area contributed by atoms with Crippen molar-refractivity contribution in [2.24, 2.45) is 0 Å². The van der Waals surface area contributed by atoms with Crippen LogP contribution in [0.4, 0.5) is 0 Å². The molecule has 16 heavy (non-hydrogen) atoms. The van der Waals surface area contributed by atoms with Gasteiger partial charge in [0.1, 0.15) is 0 Å². The van der Waals surface area contributed by atoms with Crippen LogP contribution >= 0.6 is 23.2 Å². The highest BCUT2D eigenvalue weighted by Gasteiger charge is 2.08. The van der Waals surface area contributed by atoms with Crippen LogP contribution in [-0.2, 0) is 11.3 Å². The zero-order valence-corrected chi connectivity index (χ0v) is 10.1. The minimum Gasteiger partial charge on any atom is -0.494 e. The van der Waals surface area contributed by atoms with Crippen molar-refractivity contribution in [1.82, 2.24) is 5.32 Å². The molecule has 0 unspecified atom stereocenters. The third-order valence-electron chi connectivity index (χ3n) is 1.87. The molecule has 0 amide bonds. The van der Waals surface area contributed by atoms with Crippen molar-refractivity contribution >= 4 is 29.2 Å². The fraction of sp³-hybridized carbons (Fsp3) is 0.300. The predicted octanol–water partition coefficient (Wildman–Crippen LogP) is 2.18. The average Bonchev–Trinajstić information content (AvgIpc) is 2.16. The lowest BCUT2D eigenvalue weighted by molar-refractivity contribution is -0.135. The molecule has 0 saturated heterocycles. The van der Waals surface area contributed by atoms with Gasteiger partial charge in [0.15, 0.2) is 5.75 Å². The Kier molecular flexibility index (Phi) is 4.86. The number of hydrogen-bond acceptors (Lipinski definition) is 3. The summed E-state index contributed by atoms with van der Waals surface area (Å²) in [7, 11) is 1.48. The van der Waals surface area contributed by atoms with E-state index >= 15 is 0 Å². The first kappa shape index (κ1) is 13.1. The smallest absolute Gasteiger partial charge is 0.317 e. The van der Waals surface area contributed by atoms with E-state index in [0.29, 0.717) is 22.3 Å². The molecule has 6 heteroatoms. The van der Waals surface area contributed by atoms with E-state index in [1.807, 2.05) is 0 Å². The first-order chi connectivity index (χ1) is 7.54.